The van der Waals surface area contributed by atoms with Crippen LogP contribution >= 0.6 is 0 Å². The molecule has 1 heterocycles. The third-order valence-electron chi connectivity index (χ3n) is 3.06. The van der Waals surface area contributed by atoms with Crippen molar-refractivity contribution in [3.63, 3.8) is 0 Å². The number of aromatic nitrogens is 2. The summed E-state index contributed by atoms with van der Waals surface area (Å²) in [7, 11) is 0. The Bertz CT molecular complexity index is 576. The number of hydrogen-bond acceptors (Lipinski definition) is 2. The van der Waals surface area contributed by atoms with Crippen LogP contribution in [0.4, 0.5) is 0 Å². The predicted molar refractivity (Wildman–Crippen MR) is 73.0 cm³/mol. The largest absolute Gasteiger partial charge is 0.332 e. The van der Waals surface area contributed by atoms with E-state index >= 15 is 0 Å². The summed E-state index contributed by atoms with van der Waals surface area (Å²) in [4.78, 5) is 12.1. The van der Waals surface area contributed by atoms with Crippen molar-refractivity contribution < 1.29 is 0 Å². The quantitative estimate of drug-likeness (QED) is 0.901. The molecule has 4 nitrogen and oxygen atoms in total. The van der Waals surface area contributed by atoms with E-state index in [1.54, 1.807) is 15.3 Å². The molecule has 0 amide bonds. The summed E-state index contributed by atoms with van der Waals surface area (Å²) in [5.41, 5.74) is 7.72. The summed E-state index contributed by atoms with van der Waals surface area (Å²) in [6.07, 6.45) is 3.61. The van der Waals surface area contributed by atoms with Gasteiger partial charge in [0, 0.05) is 24.5 Å². The molecule has 0 aliphatic rings. The van der Waals surface area contributed by atoms with Crippen LogP contribution in [-0.2, 0) is 0 Å². The topological polar surface area (TPSA) is 52.9 Å². The van der Waals surface area contributed by atoms with Crippen LogP contribution in [-0.4, -0.2) is 9.13 Å². The maximum atomic E-state index is 12.1. The predicted octanol–water partition coefficient (Wildman–Crippen LogP) is 2.24. The summed E-state index contributed by atoms with van der Waals surface area (Å²) >= 11 is 0. The molecule has 2 rings (SSSR count). The molecule has 0 saturated carbocycles. The maximum Gasteiger partial charge on any atom is 0.332 e. The van der Waals surface area contributed by atoms with Crippen molar-refractivity contribution in [2.45, 2.75) is 32.9 Å². The van der Waals surface area contributed by atoms with Crippen LogP contribution in [0.15, 0.2) is 41.5 Å². The van der Waals surface area contributed by atoms with Crippen molar-refractivity contribution >= 4 is 0 Å². The normalized spacial score (nSPS) is 12.9. The van der Waals surface area contributed by atoms with Gasteiger partial charge in [0.1, 0.15) is 0 Å². The zero-order valence-corrected chi connectivity index (χ0v) is 11.0. The lowest BCUT2D eigenvalue weighted by molar-refractivity contribution is 0.574. The number of hydrogen-bond donors (Lipinski definition) is 1. The number of imidazole rings is 1. The Labute approximate surface area is 107 Å². The van der Waals surface area contributed by atoms with Crippen molar-refractivity contribution in [3.8, 4) is 5.69 Å². The zero-order valence-electron chi connectivity index (χ0n) is 11.0. The number of benzene rings is 1. The molecule has 2 aromatic rings. The Hall–Kier alpha value is -1.81. The molecular weight excluding hydrogens is 226 g/mol. The van der Waals surface area contributed by atoms with Gasteiger partial charge in [0.15, 0.2) is 0 Å². The number of nitrogens with zero attached hydrogens (tertiary/aromatic N) is 2. The Kier molecular flexibility index (Phi) is 3.39. The average molecular weight is 245 g/mol. The van der Waals surface area contributed by atoms with Gasteiger partial charge in [-0.05, 0) is 38.5 Å². The molecule has 0 aliphatic heterocycles. The van der Waals surface area contributed by atoms with Gasteiger partial charge in [-0.25, -0.2) is 4.79 Å². The van der Waals surface area contributed by atoms with E-state index in [1.807, 2.05) is 51.2 Å². The van der Waals surface area contributed by atoms with Crippen molar-refractivity contribution in [1.82, 2.24) is 9.13 Å². The SMILES string of the molecule is CC(N)c1ccc(-n2ccn(C(C)C)c2=O)cc1. The summed E-state index contributed by atoms with van der Waals surface area (Å²) in [5.74, 6) is 0. The Morgan fingerprint density at radius 2 is 1.67 bits per heavy atom. The standard InChI is InChI=1S/C14H19N3O/c1-10(2)16-8-9-17(14(16)18)13-6-4-12(5-7-13)11(3)15/h4-11H,15H2,1-3H3. The summed E-state index contributed by atoms with van der Waals surface area (Å²) in [6.45, 7) is 5.92. The van der Waals surface area contributed by atoms with E-state index in [0.717, 1.165) is 11.3 Å². The van der Waals surface area contributed by atoms with E-state index in [1.165, 1.54) is 0 Å². The first-order chi connectivity index (χ1) is 8.50. The van der Waals surface area contributed by atoms with Crippen LogP contribution in [0.5, 0.6) is 0 Å². The third kappa shape index (κ3) is 2.24. The van der Waals surface area contributed by atoms with Crippen LogP contribution in [0.3, 0.4) is 0 Å². The van der Waals surface area contributed by atoms with Crippen LogP contribution in [0.1, 0.15) is 38.4 Å². The maximum absolute atomic E-state index is 12.1. The van der Waals surface area contributed by atoms with Gasteiger partial charge < -0.3 is 5.73 Å². The van der Waals surface area contributed by atoms with Gasteiger partial charge in [0.2, 0.25) is 0 Å². The van der Waals surface area contributed by atoms with Crippen molar-refractivity contribution in [3.05, 3.63) is 52.7 Å². The average Bonchev–Trinajstić information content (AvgIpc) is 2.71. The molecule has 96 valence electrons. The van der Waals surface area contributed by atoms with Gasteiger partial charge >= 0.3 is 5.69 Å². The van der Waals surface area contributed by atoms with Crippen LogP contribution in [0, 0.1) is 0 Å². The molecule has 4 heteroatoms. The van der Waals surface area contributed by atoms with Gasteiger partial charge in [-0.15, -0.1) is 0 Å². The molecular formula is C14H19N3O. The van der Waals surface area contributed by atoms with Gasteiger partial charge in [0.05, 0.1) is 5.69 Å². The molecule has 0 fully saturated rings. The third-order valence-corrected chi connectivity index (χ3v) is 3.06. The Morgan fingerprint density at radius 1 is 1.06 bits per heavy atom. The van der Waals surface area contributed by atoms with Crippen LogP contribution in [0.25, 0.3) is 5.69 Å². The Morgan fingerprint density at radius 3 is 2.11 bits per heavy atom. The van der Waals surface area contributed by atoms with Gasteiger partial charge in [-0.2, -0.15) is 0 Å². The molecule has 0 aliphatic carbocycles. The molecule has 0 bridgehead atoms. The number of nitrogens with two attached hydrogens (primary N) is 1. The van der Waals surface area contributed by atoms with E-state index in [0.29, 0.717) is 0 Å². The van der Waals surface area contributed by atoms with Crippen molar-refractivity contribution in [2.24, 2.45) is 5.73 Å². The minimum absolute atomic E-state index is 0.0102. The highest BCUT2D eigenvalue weighted by Crippen LogP contribution is 2.13. The molecule has 18 heavy (non-hydrogen) atoms. The highest BCUT2D eigenvalue weighted by atomic mass is 16.1. The second kappa shape index (κ2) is 4.82. The fourth-order valence-corrected chi connectivity index (χ4v) is 1.92. The van der Waals surface area contributed by atoms with Gasteiger partial charge in [0.25, 0.3) is 0 Å². The fraction of sp³-hybridized carbons (Fsp3) is 0.357. The van der Waals surface area contributed by atoms with E-state index in [9.17, 15) is 4.79 Å². The summed E-state index contributed by atoms with van der Waals surface area (Å²) in [5, 5.41) is 0. The highest BCUT2D eigenvalue weighted by molar-refractivity contribution is 5.35. The molecule has 0 radical (unpaired) electrons. The van der Waals surface area contributed by atoms with Gasteiger partial charge in [-0.3, -0.25) is 9.13 Å². The lowest BCUT2D eigenvalue weighted by Crippen LogP contribution is -2.24. The fourth-order valence-electron chi connectivity index (χ4n) is 1.92. The van der Waals surface area contributed by atoms with Crippen LogP contribution in [0.2, 0.25) is 0 Å². The lowest BCUT2D eigenvalue weighted by atomic mass is 10.1. The number of rotatable bonds is 3. The van der Waals surface area contributed by atoms with E-state index in [2.05, 4.69) is 0 Å². The smallest absolute Gasteiger partial charge is 0.324 e. The summed E-state index contributed by atoms with van der Waals surface area (Å²) in [6, 6.07) is 7.94. The Balaban J connectivity index is 2.40. The van der Waals surface area contributed by atoms with Gasteiger partial charge in [-0.1, -0.05) is 12.1 Å². The minimum Gasteiger partial charge on any atom is -0.324 e. The first-order valence-electron chi connectivity index (χ1n) is 6.16. The molecule has 1 atom stereocenters. The zero-order chi connectivity index (χ0) is 13.3. The molecule has 0 saturated heterocycles. The first-order valence-corrected chi connectivity index (χ1v) is 6.16. The molecule has 2 N–H and O–H groups in total. The first kappa shape index (κ1) is 12.6. The molecule has 0 spiro atoms. The minimum atomic E-state index is -0.0152. The second-order valence-corrected chi connectivity index (χ2v) is 4.83. The van der Waals surface area contributed by atoms with E-state index in [4.69, 9.17) is 5.73 Å². The molecule has 1 aromatic heterocycles. The highest BCUT2D eigenvalue weighted by Gasteiger charge is 2.08. The monoisotopic (exact) mass is 245 g/mol. The second-order valence-electron chi connectivity index (χ2n) is 4.83. The lowest BCUT2D eigenvalue weighted by Gasteiger charge is -2.08. The van der Waals surface area contributed by atoms with Crippen molar-refractivity contribution in [2.75, 3.05) is 0 Å². The summed E-state index contributed by atoms with van der Waals surface area (Å²) < 4.78 is 3.35. The van der Waals surface area contributed by atoms with Crippen molar-refractivity contribution in [1.29, 1.82) is 0 Å². The van der Waals surface area contributed by atoms with E-state index in [-0.39, 0.29) is 17.8 Å². The molecule has 1 unspecified atom stereocenters. The van der Waals surface area contributed by atoms with E-state index < -0.39 is 0 Å². The molecule has 1 aromatic carbocycles. The van der Waals surface area contributed by atoms with Crippen LogP contribution < -0.4 is 11.4 Å².